The first kappa shape index (κ1) is 26.2. The van der Waals surface area contributed by atoms with Crippen LogP contribution in [0, 0.1) is 17.7 Å². The van der Waals surface area contributed by atoms with Crippen molar-refractivity contribution in [3.05, 3.63) is 51.6 Å². The average molecular weight is 531 g/mol. The minimum absolute atomic E-state index is 0.0599. The maximum atomic E-state index is 14.4. The highest BCUT2D eigenvalue weighted by molar-refractivity contribution is 6.30. The summed E-state index contributed by atoms with van der Waals surface area (Å²) in [7, 11) is 0. The van der Waals surface area contributed by atoms with Crippen molar-refractivity contribution < 1.29 is 37.0 Å². The monoisotopic (exact) mass is 530 g/mol. The molecule has 1 aliphatic carbocycles. The highest BCUT2D eigenvalue weighted by Crippen LogP contribution is 2.46. The number of fused-ring (bicyclic) bond motifs is 1. The molecule has 1 atom stereocenters. The van der Waals surface area contributed by atoms with Crippen LogP contribution in [0.5, 0.6) is 0 Å². The molecule has 0 spiro atoms. The Morgan fingerprint density at radius 3 is 2.50 bits per heavy atom. The third kappa shape index (κ3) is 5.30. The maximum Gasteiger partial charge on any atom is 0.435 e. The molecule has 7 nitrogen and oxygen atoms in total. The predicted molar refractivity (Wildman–Crippen MR) is 118 cm³/mol. The summed E-state index contributed by atoms with van der Waals surface area (Å²) in [5.41, 5.74) is -1.03. The van der Waals surface area contributed by atoms with Crippen molar-refractivity contribution in [2.24, 2.45) is 11.8 Å². The van der Waals surface area contributed by atoms with Gasteiger partial charge in [-0.2, -0.15) is 18.3 Å². The Hall–Kier alpha value is -2.82. The van der Waals surface area contributed by atoms with E-state index in [0.29, 0.717) is 25.7 Å². The fourth-order valence-corrected chi connectivity index (χ4v) is 5.49. The van der Waals surface area contributed by atoms with E-state index in [0.717, 1.165) is 15.6 Å². The second kappa shape index (κ2) is 10.3. The Labute approximate surface area is 210 Å². The maximum absolute atomic E-state index is 14.4. The summed E-state index contributed by atoms with van der Waals surface area (Å²) in [6.07, 6.45) is -4.56. The minimum Gasteiger partial charge on any atom is -0.530 e. The van der Waals surface area contributed by atoms with Gasteiger partial charge in [-0.05, 0) is 50.7 Å². The molecule has 2 aliphatic rings. The van der Waals surface area contributed by atoms with Crippen LogP contribution in [-0.4, -0.2) is 39.9 Å². The van der Waals surface area contributed by atoms with Gasteiger partial charge in [0.1, 0.15) is 11.9 Å². The number of amides is 1. The predicted octanol–water partition coefficient (Wildman–Crippen LogP) is 4.35. The van der Waals surface area contributed by atoms with E-state index >= 15 is 0 Å². The summed E-state index contributed by atoms with van der Waals surface area (Å²) in [6.45, 7) is 1.09. The van der Waals surface area contributed by atoms with Crippen LogP contribution >= 0.6 is 11.6 Å². The molecule has 12 heteroatoms. The number of aromatic nitrogens is 2. The van der Waals surface area contributed by atoms with Crippen LogP contribution in [0.25, 0.3) is 0 Å². The summed E-state index contributed by atoms with van der Waals surface area (Å²) in [5, 5.41) is 15.7. The van der Waals surface area contributed by atoms with Gasteiger partial charge in [0.25, 0.3) is 0 Å². The molecule has 2 aromatic rings. The van der Waals surface area contributed by atoms with E-state index in [1.165, 1.54) is 12.1 Å². The van der Waals surface area contributed by atoms with Crippen molar-refractivity contribution in [3.8, 4) is 0 Å². The molecule has 1 unspecified atom stereocenters. The van der Waals surface area contributed by atoms with Crippen LogP contribution in [0.15, 0.2) is 18.2 Å². The lowest BCUT2D eigenvalue weighted by Crippen LogP contribution is -2.47. The second-order valence-electron chi connectivity index (χ2n) is 9.22. The van der Waals surface area contributed by atoms with Gasteiger partial charge in [0.05, 0.1) is 31.3 Å². The number of rotatable bonds is 5. The van der Waals surface area contributed by atoms with Crippen LogP contribution in [0.4, 0.5) is 22.4 Å². The first-order valence-electron chi connectivity index (χ1n) is 11.7. The third-order valence-electron chi connectivity index (χ3n) is 7.05. The Balaban J connectivity index is 1.72. The van der Waals surface area contributed by atoms with Gasteiger partial charge in [0, 0.05) is 28.6 Å². The number of esters is 1. The lowest BCUT2D eigenvalue weighted by Gasteiger charge is -2.41. The van der Waals surface area contributed by atoms with Gasteiger partial charge in [-0.25, -0.2) is 4.39 Å². The summed E-state index contributed by atoms with van der Waals surface area (Å²) in [6, 6.07) is 3.82. The van der Waals surface area contributed by atoms with Crippen LogP contribution in [0.3, 0.4) is 0 Å². The van der Waals surface area contributed by atoms with Crippen molar-refractivity contribution in [1.82, 2.24) is 14.7 Å². The summed E-state index contributed by atoms with van der Waals surface area (Å²) < 4.78 is 63.0. The normalized spacial score (nSPS) is 22.3. The van der Waals surface area contributed by atoms with Gasteiger partial charge in [-0.15, -0.1) is 0 Å². The topological polar surface area (TPSA) is 87.5 Å². The summed E-state index contributed by atoms with van der Waals surface area (Å²) >= 11 is 5.79. The Kier molecular flexibility index (Phi) is 7.49. The Bertz CT molecular complexity index is 1150. The standard InChI is InChI=1S/C24H26ClF4N3O4/c1-2-36-22(33)14-5-3-13(4-6-14)17-11-31(23(34)35)12-19-20(17)21(24(27,28)29)30-32(19)10-15-7-8-16(25)9-18(15)26/h7-9,13-14,17H,2-6,10-12H2,1H3,(H,34,35)/p-1. The minimum atomic E-state index is -4.79. The number of alkyl halides is 3. The number of halogens is 5. The van der Waals surface area contributed by atoms with Gasteiger partial charge < -0.3 is 19.5 Å². The zero-order valence-electron chi connectivity index (χ0n) is 19.5. The molecule has 1 aromatic heterocycles. The SMILES string of the molecule is CCOC(=O)C1CCC(C2CN(C(=O)[O-])Cc3c2c(C(F)(F)F)nn3Cc2ccc(Cl)cc2F)CC1. The number of carbonyl (C=O) groups is 2. The lowest BCUT2D eigenvalue weighted by atomic mass is 9.72. The molecule has 1 amide bonds. The van der Waals surface area contributed by atoms with Crippen molar-refractivity contribution in [3.63, 3.8) is 0 Å². The molecule has 1 aromatic carbocycles. The van der Waals surface area contributed by atoms with E-state index < -0.39 is 29.7 Å². The molecule has 0 radical (unpaired) electrons. The van der Waals surface area contributed by atoms with E-state index in [1.54, 1.807) is 6.92 Å². The first-order valence-corrected chi connectivity index (χ1v) is 12.1. The van der Waals surface area contributed by atoms with Crippen molar-refractivity contribution in [2.75, 3.05) is 13.2 Å². The van der Waals surface area contributed by atoms with Gasteiger partial charge in [-0.1, -0.05) is 17.7 Å². The number of carbonyl (C=O) groups excluding carboxylic acids is 2. The fraction of sp³-hybridized carbons (Fsp3) is 0.542. The van der Waals surface area contributed by atoms with E-state index in [-0.39, 0.29) is 65.9 Å². The third-order valence-corrected chi connectivity index (χ3v) is 7.28. The van der Waals surface area contributed by atoms with Crippen LogP contribution in [0.2, 0.25) is 5.02 Å². The molecule has 0 bridgehead atoms. The molecule has 1 saturated carbocycles. The van der Waals surface area contributed by atoms with Crippen molar-refractivity contribution in [1.29, 1.82) is 0 Å². The fourth-order valence-electron chi connectivity index (χ4n) is 5.33. The van der Waals surface area contributed by atoms with E-state index in [1.807, 2.05) is 0 Å². The average Bonchev–Trinajstić information content (AvgIpc) is 3.19. The molecule has 1 fully saturated rings. The Morgan fingerprint density at radius 2 is 1.92 bits per heavy atom. The highest BCUT2D eigenvalue weighted by atomic mass is 35.5. The smallest absolute Gasteiger partial charge is 0.435 e. The summed E-state index contributed by atoms with van der Waals surface area (Å²) in [4.78, 5) is 24.9. The quantitative estimate of drug-likeness (QED) is 0.423. The van der Waals surface area contributed by atoms with E-state index in [9.17, 15) is 32.3 Å². The second-order valence-corrected chi connectivity index (χ2v) is 9.65. The molecule has 1 aliphatic heterocycles. The molecule has 196 valence electrons. The molecule has 0 saturated heterocycles. The van der Waals surface area contributed by atoms with E-state index in [4.69, 9.17) is 16.3 Å². The summed E-state index contributed by atoms with van der Waals surface area (Å²) in [5.74, 6) is -2.47. The van der Waals surface area contributed by atoms with E-state index in [2.05, 4.69) is 5.10 Å². The number of nitrogens with zero attached hydrogens (tertiary/aromatic N) is 3. The largest absolute Gasteiger partial charge is 0.530 e. The van der Waals surface area contributed by atoms with Gasteiger partial charge >= 0.3 is 12.1 Å². The molecular formula is C24H25ClF4N3O4-. The molecule has 36 heavy (non-hydrogen) atoms. The van der Waals surface area contributed by atoms with Crippen LogP contribution < -0.4 is 5.11 Å². The van der Waals surface area contributed by atoms with Gasteiger partial charge in [0.15, 0.2) is 5.69 Å². The molecular weight excluding hydrogens is 506 g/mol. The number of benzene rings is 1. The molecule has 2 heterocycles. The number of hydrogen-bond donors (Lipinski definition) is 0. The van der Waals surface area contributed by atoms with Crippen LogP contribution in [0.1, 0.15) is 61.0 Å². The lowest BCUT2D eigenvalue weighted by molar-refractivity contribution is -0.267. The van der Waals surface area contributed by atoms with Crippen LogP contribution in [-0.2, 0) is 28.8 Å². The molecule has 4 rings (SSSR count). The van der Waals surface area contributed by atoms with Crippen molar-refractivity contribution in [2.45, 2.75) is 57.8 Å². The Morgan fingerprint density at radius 1 is 1.22 bits per heavy atom. The zero-order chi connectivity index (χ0) is 26.2. The number of ether oxygens (including phenoxy) is 1. The van der Waals surface area contributed by atoms with Gasteiger partial charge in [0.2, 0.25) is 0 Å². The van der Waals surface area contributed by atoms with Gasteiger partial charge in [-0.3, -0.25) is 9.48 Å². The zero-order valence-corrected chi connectivity index (χ0v) is 20.2. The van der Waals surface area contributed by atoms with Crippen molar-refractivity contribution >= 4 is 23.7 Å². The molecule has 0 N–H and O–H groups in total. The number of carboxylic acid groups (broad SMARTS) is 1. The highest BCUT2D eigenvalue weighted by Gasteiger charge is 2.46. The first-order chi connectivity index (χ1) is 17.0. The number of hydrogen-bond acceptors (Lipinski definition) is 5.